The van der Waals surface area contributed by atoms with Gasteiger partial charge in [-0.25, -0.2) is 4.39 Å². The zero-order valence-corrected chi connectivity index (χ0v) is 10.2. The number of nitrogens with one attached hydrogen (secondary N) is 1. The van der Waals surface area contributed by atoms with Gasteiger partial charge in [-0.3, -0.25) is 4.79 Å². The number of carbonyl (C=O) groups excluding carboxylic acids is 1. The largest absolute Gasteiger partial charge is 0.350 e. The molecule has 2 nitrogen and oxygen atoms in total. The van der Waals surface area contributed by atoms with E-state index < -0.39 is 0 Å². The molecule has 3 heteroatoms. The highest BCUT2D eigenvalue weighted by molar-refractivity contribution is 5.96. The zero-order valence-electron chi connectivity index (χ0n) is 10.2. The molecule has 18 heavy (non-hydrogen) atoms. The highest BCUT2D eigenvalue weighted by Gasteiger charge is 2.21. The van der Waals surface area contributed by atoms with Crippen molar-refractivity contribution in [2.75, 3.05) is 0 Å². The second-order valence-electron chi connectivity index (χ2n) is 5.11. The Morgan fingerprint density at radius 2 is 2.17 bits per heavy atom. The number of amides is 1. The fourth-order valence-electron chi connectivity index (χ4n) is 2.57. The molecule has 1 amide bonds. The van der Waals surface area contributed by atoms with Crippen LogP contribution in [0.3, 0.4) is 0 Å². The first-order chi connectivity index (χ1) is 8.72. The number of allylic oxidation sites excluding steroid dienone is 1. The van der Waals surface area contributed by atoms with Gasteiger partial charge in [0.25, 0.3) is 0 Å². The lowest BCUT2D eigenvalue weighted by atomic mass is 9.93. The molecule has 1 saturated carbocycles. The van der Waals surface area contributed by atoms with Crippen molar-refractivity contribution in [1.29, 1.82) is 0 Å². The molecule has 2 aliphatic carbocycles. The SMILES string of the molecule is O=C(C=C1CCc2ccc(F)cc21)NC1CCC1. The molecule has 1 N–H and O–H groups in total. The molecule has 0 saturated heterocycles. The van der Waals surface area contributed by atoms with Gasteiger partial charge < -0.3 is 5.32 Å². The predicted molar refractivity (Wildman–Crippen MR) is 68.5 cm³/mol. The summed E-state index contributed by atoms with van der Waals surface area (Å²) in [4.78, 5) is 11.8. The lowest BCUT2D eigenvalue weighted by molar-refractivity contribution is -0.117. The molecule has 3 rings (SSSR count). The first-order valence-electron chi connectivity index (χ1n) is 6.52. The van der Waals surface area contributed by atoms with Crippen LogP contribution in [0.1, 0.15) is 36.8 Å². The number of aryl methyl sites for hydroxylation is 1. The molecular formula is C15H16FNO. The highest BCUT2D eigenvalue weighted by atomic mass is 19.1. The topological polar surface area (TPSA) is 29.1 Å². The van der Waals surface area contributed by atoms with Gasteiger partial charge in [0.2, 0.25) is 5.91 Å². The molecule has 0 aromatic heterocycles. The maximum atomic E-state index is 13.2. The number of halogens is 1. The van der Waals surface area contributed by atoms with Gasteiger partial charge in [-0.1, -0.05) is 6.07 Å². The van der Waals surface area contributed by atoms with E-state index in [9.17, 15) is 9.18 Å². The second kappa shape index (κ2) is 4.56. The molecule has 0 spiro atoms. The fourth-order valence-corrected chi connectivity index (χ4v) is 2.57. The summed E-state index contributed by atoms with van der Waals surface area (Å²) in [6.07, 6.45) is 6.74. The van der Waals surface area contributed by atoms with E-state index in [1.54, 1.807) is 6.08 Å². The lowest BCUT2D eigenvalue weighted by Gasteiger charge is -2.25. The van der Waals surface area contributed by atoms with Crippen LogP contribution in [0.2, 0.25) is 0 Å². The predicted octanol–water partition coefficient (Wildman–Crippen LogP) is 2.82. The van der Waals surface area contributed by atoms with Gasteiger partial charge >= 0.3 is 0 Å². The average Bonchev–Trinajstić information content (AvgIpc) is 2.67. The minimum absolute atomic E-state index is 0.0354. The molecule has 0 aliphatic heterocycles. The first kappa shape index (κ1) is 11.5. The number of benzene rings is 1. The van der Waals surface area contributed by atoms with Crippen molar-refractivity contribution in [3.05, 3.63) is 41.2 Å². The number of rotatable bonds is 2. The van der Waals surface area contributed by atoms with Gasteiger partial charge in [0.1, 0.15) is 5.82 Å². The second-order valence-corrected chi connectivity index (χ2v) is 5.11. The molecule has 0 bridgehead atoms. The molecule has 1 fully saturated rings. The Balaban J connectivity index is 1.77. The maximum absolute atomic E-state index is 13.2. The van der Waals surface area contributed by atoms with Crippen molar-refractivity contribution in [3.63, 3.8) is 0 Å². The van der Waals surface area contributed by atoms with Gasteiger partial charge in [-0.2, -0.15) is 0 Å². The van der Waals surface area contributed by atoms with Crippen LogP contribution in [-0.2, 0) is 11.2 Å². The molecule has 0 unspecified atom stereocenters. The fraction of sp³-hybridized carbons (Fsp3) is 0.400. The van der Waals surface area contributed by atoms with Crippen LogP contribution in [0.25, 0.3) is 5.57 Å². The molecule has 94 valence electrons. The number of carbonyl (C=O) groups is 1. The summed E-state index contributed by atoms with van der Waals surface area (Å²) in [6.45, 7) is 0. The number of fused-ring (bicyclic) bond motifs is 1. The third-order valence-electron chi connectivity index (χ3n) is 3.84. The van der Waals surface area contributed by atoms with E-state index in [4.69, 9.17) is 0 Å². The molecule has 1 aromatic carbocycles. The van der Waals surface area contributed by atoms with Gasteiger partial charge in [-0.15, -0.1) is 0 Å². The van der Waals surface area contributed by atoms with Crippen molar-refractivity contribution in [2.45, 2.75) is 38.1 Å². The summed E-state index contributed by atoms with van der Waals surface area (Å²) in [5.74, 6) is -0.271. The minimum Gasteiger partial charge on any atom is -0.350 e. The van der Waals surface area contributed by atoms with E-state index in [2.05, 4.69) is 5.32 Å². The van der Waals surface area contributed by atoms with Crippen LogP contribution in [-0.4, -0.2) is 11.9 Å². The minimum atomic E-state index is -0.235. The van der Waals surface area contributed by atoms with E-state index in [-0.39, 0.29) is 11.7 Å². The Morgan fingerprint density at radius 1 is 1.33 bits per heavy atom. The molecule has 1 aromatic rings. The Morgan fingerprint density at radius 3 is 2.89 bits per heavy atom. The average molecular weight is 245 g/mol. The summed E-state index contributed by atoms with van der Waals surface area (Å²) >= 11 is 0. The summed E-state index contributed by atoms with van der Waals surface area (Å²) in [5, 5.41) is 2.98. The summed E-state index contributed by atoms with van der Waals surface area (Å²) in [7, 11) is 0. The van der Waals surface area contributed by atoms with Crippen molar-refractivity contribution in [2.24, 2.45) is 0 Å². The van der Waals surface area contributed by atoms with Crippen LogP contribution >= 0.6 is 0 Å². The van der Waals surface area contributed by atoms with Crippen molar-refractivity contribution < 1.29 is 9.18 Å². The Labute approximate surface area is 106 Å². The van der Waals surface area contributed by atoms with Crippen molar-refractivity contribution in [1.82, 2.24) is 5.32 Å². The van der Waals surface area contributed by atoms with E-state index >= 15 is 0 Å². The van der Waals surface area contributed by atoms with E-state index in [1.807, 2.05) is 6.07 Å². The monoisotopic (exact) mass is 245 g/mol. The van der Waals surface area contributed by atoms with Crippen LogP contribution in [0.5, 0.6) is 0 Å². The van der Waals surface area contributed by atoms with Crippen LogP contribution in [0.4, 0.5) is 4.39 Å². The summed E-state index contributed by atoms with van der Waals surface area (Å²) < 4.78 is 13.2. The Bertz CT molecular complexity index is 517. The molecular weight excluding hydrogens is 229 g/mol. The van der Waals surface area contributed by atoms with Crippen molar-refractivity contribution in [3.8, 4) is 0 Å². The molecule has 0 heterocycles. The van der Waals surface area contributed by atoms with Gasteiger partial charge in [0.15, 0.2) is 0 Å². The van der Waals surface area contributed by atoms with Gasteiger partial charge in [0, 0.05) is 12.1 Å². The zero-order chi connectivity index (χ0) is 12.5. The summed E-state index contributed by atoms with van der Waals surface area (Å²) in [5.41, 5.74) is 3.00. The third-order valence-corrected chi connectivity index (χ3v) is 3.84. The Kier molecular flexibility index (Phi) is 2.90. The molecule has 0 radical (unpaired) electrons. The summed E-state index contributed by atoms with van der Waals surface area (Å²) in [6, 6.07) is 5.18. The first-order valence-corrected chi connectivity index (χ1v) is 6.52. The van der Waals surface area contributed by atoms with E-state index in [0.717, 1.165) is 42.4 Å². The van der Waals surface area contributed by atoms with Crippen molar-refractivity contribution >= 4 is 11.5 Å². The van der Waals surface area contributed by atoms with E-state index in [0.29, 0.717) is 6.04 Å². The lowest BCUT2D eigenvalue weighted by Crippen LogP contribution is -2.38. The third kappa shape index (κ3) is 2.17. The smallest absolute Gasteiger partial charge is 0.244 e. The number of hydrogen-bond acceptors (Lipinski definition) is 1. The van der Waals surface area contributed by atoms with Gasteiger partial charge in [-0.05, 0) is 60.9 Å². The highest BCUT2D eigenvalue weighted by Crippen LogP contribution is 2.32. The molecule has 0 atom stereocenters. The molecule has 2 aliphatic rings. The van der Waals surface area contributed by atoms with Crippen LogP contribution in [0, 0.1) is 5.82 Å². The van der Waals surface area contributed by atoms with Gasteiger partial charge in [0.05, 0.1) is 0 Å². The number of hydrogen-bond donors (Lipinski definition) is 1. The quantitative estimate of drug-likeness (QED) is 0.798. The Hall–Kier alpha value is -1.64. The maximum Gasteiger partial charge on any atom is 0.244 e. The van der Waals surface area contributed by atoms with Crippen LogP contribution in [0.15, 0.2) is 24.3 Å². The normalized spacial score (nSPS) is 20.6. The standard InChI is InChI=1S/C15H16FNO/c16-12-7-6-10-4-5-11(14(10)9-12)8-15(18)17-13-2-1-3-13/h6-9,13H,1-5H2,(H,17,18). The van der Waals surface area contributed by atoms with Crippen LogP contribution < -0.4 is 5.32 Å². The van der Waals surface area contributed by atoms with E-state index in [1.165, 1.54) is 18.6 Å².